The highest BCUT2D eigenvalue weighted by molar-refractivity contribution is 5.45. The predicted octanol–water partition coefficient (Wildman–Crippen LogP) is 1.80. The maximum atomic E-state index is 4.21. The second kappa shape index (κ2) is 4.06. The van der Waals surface area contributed by atoms with Gasteiger partial charge in [0.25, 0.3) is 0 Å². The topological polar surface area (TPSA) is 28.2 Å². The minimum Gasteiger partial charge on any atom is -0.367 e. The maximum Gasteiger partial charge on any atom is 0.0553 e. The Hall–Kier alpha value is -1.09. The summed E-state index contributed by atoms with van der Waals surface area (Å²) < 4.78 is 0. The van der Waals surface area contributed by atoms with Crippen molar-refractivity contribution in [2.75, 3.05) is 24.5 Å². The van der Waals surface area contributed by atoms with Crippen LogP contribution < -0.4 is 10.2 Å². The Labute approximate surface area is 96.9 Å². The van der Waals surface area contributed by atoms with Gasteiger partial charge >= 0.3 is 0 Å². The molecule has 0 bridgehead atoms. The molecule has 1 aromatic rings. The first-order valence-corrected chi connectivity index (χ1v) is 6.28. The highest BCUT2D eigenvalue weighted by Crippen LogP contribution is 2.33. The number of piperazine rings is 1. The second-order valence-corrected chi connectivity index (χ2v) is 5.05. The van der Waals surface area contributed by atoms with Crippen LogP contribution in [0.25, 0.3) is 0 Å². The zero-order chi connectivity index (χ0) is 10.8. The first-order chi connectivity index (χ1) is 7.88. The molecule has 0 amide bonds. The summed E-state index contributed by atoms with van der Waals surface area (Å²) in [6, 6.07) is 4.19. The van der Waals surface area contributed by atoms with Crippen molar-refractivity contribution in [1.29, 1.82) is 0 Å². The molecule has 2 fully saturated rings. The van der Waals surface area contributed by atoms with Crippen molar-refractivity contribution in [3.05, 3.63) is 24.5 Å². The standard InChI is InChI=1S/C13H19N3/c1-2-6-13(5-1)11-16(9-8-15-13)12-4-3-7-14-10-12/h3-4,7,10,15H,1-2,5-6,8-9,11H2. The molecule has 1 spiro atoms. The van der Waals surface area contributed by atoms with Gasteiger partial charge in [0.15, 0.2) is 0 Å². The molecular formula is C13H19N3. The summed E-state index contributed by atoms with van der Waals surface area (Å²) in [5.41, 5.74) is 1.67. The lowest BCUT2D eigenvalue weighted by Crippen LogP contribution is -2.59. The molecule has 0 unspecified atom stereocenters. The molecule has 1 saturated carbocycles. The molecule has 0 aromatic carbocycles. The third-order valence-corrected chi connectivity index (χ3v) is 3.95. The fraction of sp³-hybridized carbons (Fsp3) is 0.615. The molecule has 2 heterocycles. The SMILES string of the molecule is c1cncc(N2CCNC3(CCCC3)C2)c1. The van der Waals surface area contributed by atoms with Crippen molar-refractivity contribution in [2.45, 2.75) is 31.2 Å². The molecular weight excluding hydrogens is 198 g/mol. The molecule has 86 valence electrons. The highest BCUT2D eigenvalue weighted by atomic mass is 15.2. The summed E-state index contributed by atoms with van der Waals surface area (Å²) in [5, 5.41) is 3.73. The van der Waals surface area contributed by atoms with Crippen LogP contribution in [0.5, 0.6) is 0 Å². The molecule has 1 aliphatic heterocycles. The molecule has 1 aromatic heterocycles. The highest BCUT2D eigenvalue weighted by Gasteiger charge is 2.37. The number of hydrogen-bond donors (Lipinski definition) is 1. The van der Waals surface area contributed by atoms with Crippen molar-refractivity contribution in [1.82, 2.24) is 10.3 Å². The Morgan fingerprint density at radius 2 is 2.19 bits per heavy atom. The summed E-state index contributed by atoms with van der Waals surface area (Å²) in [7, 11) is 0. The lowest BCUT2D eigenvalue weighted by atomic mass is 9.94. The van der Waals surface area contributed by atoms with E-state index < -0.39 is 0 Å². The van der Waals surface area contributed by atoms with Crippen LogP contribution in [0.15, 0.2) is 24.5 Å². The van der Waals surface area contributed by atoms with Crippen LogP contribution in [0.1, 0.15) is 25.7 Å². The van der Waals surface area contributed by atoms with Gasteiger partial charge in [-0.2, -0.15) is 0 Å². The summed E-state index contributed by atoms with van der Waals surface area (Å²) >= 11 is 0. The van der Waals surface area contributed by atoms with E-state index in [4.69, 9.17) is 0 Å². The molecule has 1 aliphatic carbocycles. The normalized spacial score (nSPS) is 23.9. The van der Waals surface area contributed by atoms with Gasteiger partial charge < -0.3 is 10.2 Å². The summed E-state index contributed by atoms with van der Waals surface area (Å²) in [6.45, 7) is 3.36. The molecule has 1 saturated heterocycles. The monoisotopic (exact) mass is 217 g/mol. The van der Waals surface area contributed by atoms with E-state index in [1.807, 2.05) is 18.5 Å². The van der Waals surface area contributed by atoms with Crippen molar-refractivity contribution < 1.29 is 0 Å². The summed E-state index contributed by atoms with van der Waals surface area (Å²) in [6.07, 6.45) is 9.26. The number of anilines is 1. The van der Waals surface area contributed by atoms with Crippen molar-refractivity contribution >= 4 is 5.69 Å². The Bertz CT molecular complexity index is 343. The number of nitrogens with one attached hydrogen (secondary N) is 1. The van der Waals surface area contributed by atoms with Gasteiger partial charge in [0.05, 0.1) is 11.9 Å². The van der Waals surface area contributed by atoms with E-state index in [1.54, 1.807) is 0 Å². The molecule has 16 heavy (non-hydrogen) atoms. The van der Waals surface area contributed by atoms with Crippen LogP contribution in [0.2, 0.25) is 0 Å². The van der Waals surface area contributed by atoms with Gasteiger partial charge in [-0.25, -0.2) is 0 Å². The summed E-state index contributed by atoms with van der Waals surface area (Å²) in [5.74, 6) is 0. The quantitative estimate of drug-likeness (QED) is 0.777. The van der Waals surface area contributed by atoms with Crippen LogP contribution >= 0.6 is 0 Å². The predicted molar refractivity (Wildman–Crippen MR) is 65.7 cm³/mol. The van der Waals surface area contributed by atoms with Crippen LogP contribution in [0.3, 0.4) is 0 Å². The van der Waals surface area contributed by atoms with Gasteiger partial charge in [0, 0.05) is 31.4 Å². The zero-order valence-corrected chi connectivity index (χ0v) is 9.65. The Balaban J connectivity index is 1.77. The van der Waals surface area contributed by atoms with E-state index in [0.717, 1.165) is 19.6 Å². The molecule has 0 atom stereocenters. The van der Waals surface area contributed by atoms with Gasteiger partial charge in [-0.3, -0.25) is 4.98 Å². The van der Waals surface area contributed by atoms with Gasteiger partial charge in [-0.15, -0.1) is 0 Å². The number of hydrogen-bond acceptors (Lipinski definition) is 3. The minimum atomic E-state index is 0.397. The van der Waals surface area contributed by atoms with E-state index >= 15 is 0 Å². The first-order valence-electron chi connectivity index (χ1n) is 6.28. The first kappa shape index (κ1) is 10.1. The van der Waals surface area contributed by atoms with E-state index in [2.05, 4.69) is 21.3 Å². The van der Waals surface area contributed by atoms with Gasteiger partial charge in [0.1, 0.15) is 0 Å². The Morgan fingerprint density at radius 3 is 2.94 bits per heavy atom. The largest absolute Gasteiger partial charge is 0.367 e. The van der Waals surface area contributed by atoms with Crippen LogP contribution in [0, 0.1) is 0 Å². The third-order valence-electron chi connectivity index (χ3n) is 3.95. The Morgan fingerprint density at radius 1 is 1.31 bits per heavy atom. The van der Waals surface area contributed by atoms with Gasteiger partial charge in [-0.05, 0) is 25.0 Å². The molecule has 1 N–H and O–H groups in total. The van der Waals surface area contributed by atoms with E-state index in [-0.39, 0.29) is 0 Å². The molecule has 2 aliphatic rings. The number of pyridine rings is 1. The molecule has 0 radical (unpaired) electrons. The van der Waals surface area contributed by atoms with Crippen LogP contribution in [-0.4, -0.2) is 30.2 Å². The average Bonchev–Trinajstić information content (AvgIpc) is 2.78. The van der Waals surface area contributed by atoms with Gasteiger partial charge in [0.2, 0.25) is 0 Å². The second-order valence-electron chi connectivity index (χ2n) is 5.05. The molecule has 3 nitrogen and oxygen atoms in total. The smallest absolute Gasteiger partial charge is 0.0553 e. The van der Waals surface area contributed by atoms with Crippen LogP contribution in [0.4, 0.5) is 5.69 Å². The van der Waals surface area contributed by atoms with Crippen molar-refractivity contribution in [3.8, 4) is 0 Å². The van der Waals surface area contributed by atoms with Crippen LogP contribution in [-0.2, 0) is 0 Å². The lowest BCUT2D eigenvalue weighted by molar-refractivity contribution is 0.304. The van der Waals surface area contributed by atoms with E-state index in [0.29, 0.717) is 5.54 Å². The fourth-order valence-electron chi connectivity index (χ4n) is 3.10. The number of nitrogens with zero attached hydrogens (tertiary/aromatic N) is 2. The van der Waals surface area contributed by atoms with Crippen molar-refractivity contribution in [2.24, 2.45) is 0 Å². The van der Waals surface area contributed by atoms with E-state index in [1.165, 1.54) is 31.4 Å². The average molecular weight is 217 g/mol. The van der Waals surface area contributed by atoms with Crippen molar-refractivity contribution in [3.63, 3.8) is 0 Å². The number of aromatic nitrogens is 1. The summed E-state index contributed by atoms with van der Waals surface area (Å²) in [4.78, 5) is 6.69. The number of rotatable bonds is 1. The fourth-order valence-corrected chi connectivity index (χ4v) is 3.10. The molecule has 3 heteroatoms. The molecule has 3 rings (SSSR count). The van der Waals surface area contributed by atoms with E-state index in [9.17, 15) is 0 Å². The lowest BCUT2D eigenvalue weighted by Gasteiger charge is -2.42. The van der Waals surface area contributed by atoms with Gasteiger partial charge in [-0.1, -0.05) is 12.8 Å². The third kappa shape index (κ3) is 1.80. The minimum absolute atomic E-state index is 0.397. The zero-order valence-electron chi connectivity index (χ0n) is 9.65. The maximum absolute atomic E-state index is 4.21. The Kier molecular flexibility index (Phi) is 2.56.